The van der Waals surface area contributed by atoms with E-state index in [-0.39, 0.29) is 0 Å². The first-order valence-electron chi connectivity index (χ1n) is 10.9. The molecule has 29 heavy (non-hydrogen) atoms. The topological polar surface area (TPSA) is 47.5 Å². The Morgan fingerprint density at radius 1 is 1.07 bits per heavy atom. The molecule has 1 N–H and O–H groups in total. The van der Waals surface area contributed by atoms with Gasteiger partial charge < -0.3 is 15.1 Å². The molecule has 2 aliphatic heterocycles. The Morgan fingerprint density at radius 3 is 2.66 bits per heavy atom. The van der Waals surface area contributed by atoms with E-state index in [0.29, 0.717) is 12.1 Å². The van der Waals surface area contributed by atoms with Crippen LogP contribution >= 0.6 is 11.9 Å². The summed E-state index contributed by atoms with van der Waals surface area (Å²) >= 11 is 1.85. The van der Waals surface area contributed by atoms with Crippen molar-refractivity contribution in [3.63, 3.8) is 0 Å². The Bertz CT molecular complexity index is 805. The number of rotatable bonds is 5. The predicted molar refractivity (Wildman–Crippen MR) is 125 cm³/mol. The van der Waals surface area contributed by atoms with Gasteiger partial charge in [-0.05, 0) is 64.6 Å². The second-order valence-corrected chi connectivity index (χ2v) is 9.37. The monoisotopic (exact) mass is 414 g/mol. The molecule has 0 aliphatic carbocycles. The van der Waals surface area contributed by atoms with E-state index in [4.69, 9.17) is 9.97 Å². The second kappa shape index (κ2) is 9.49. The van der Waals surface area contributed by atoms with Crippen molar-refractivity contribution in [2.45, 2.75) is 44.2 Å². The van der Waals surface area contributed by atoms with Crippen molar-refractivity contribution in [2.24, 2.45) is 0 Å². The lowest BCUT2D eigenvalue weighted by atomic mass is 10.1. The lowest BCUT2D eigenvalue weighted by molar-refractivity contribution is 0.272. The molecule has 2 aromatic rings. The fourth-order valence-corrected chi connectivity index (χ4v) is 5.16. The van der Waals surface area contributed by atoms with Crippen LogP contribution in [0.15, 0.2) is 24.5 Å². The highest BCUT2D eigenvalue weighted by molar-refractivity contribution is 7.96. The lowest BCUT2D eigenvalue weighted by Gasteiger charge is -2.31. The molecular weight excluding hydrogens is 380 g/mol. The van der Waals surface area contributed by atoms with E-state index in [1.54, 1.807) is 0 Å². The maximum absolute atomic E-state index is 4.80. The molecule has 4 heterocycles. The van der Waals surface area contributed by atoms with Gasteiger partial charge in [0.15, 0.2) is 0 Å². The summed E-state index contributed by atoms with van der Waals surface area (Å²) in [5.74, 6) is 2.10. The molecule has 0 radical (unpaired) electrons. The molecule has 0 spiro atoms. The van der Waals surface area contributed by atoms with Gasteiger partial charge in [-0.1, -0.05) is 11.9 Å². The van der Waals surface area contributed by atoms with Crippen LogP contribution in [0.5, 0.6) is 0 Å². The van der Waals surface area contributed by atoms with E-state index in [2.05, 4.69) is 51.9 Å². The lowest BCUT2D eigenvalue weighted by Crippen LogP contribution is -2.35. The van der Waals surface area contributed by atoms with Crippen LogP contribution in [0.4, 0.5) is 11.6 Å². The van der Waals surface area contributed by atoms with E-state index in [9.17, 15) is 0 Å². The van der Waals surface area contributed by atoms with Gasteiger partial charge in [0, 0.05) is 61.4 Å². The van der Waals surface area contributed by atoms with Gasteiger partial charge in [0.25, 0.3) is 0 Å². The highest BCUT2D eigenvalue weighted by atomic mass is 32.2. The number of aromatic nitrogens is 2. The van der Waals surface area contributed by atoms with E-state index in [0.717, 1.165) is 37.8 Å². The van der Waals surface area contributed by atoms with Gasteiger partial charge in [-0.25, -0.2) is 9.97 Å². The summed E-state index contributed by atoms with van der Waals surface area (Å²) in [7, 11) is 4.40. The number of pyridine rings is 2. The fraction of sp³-hybridized carbons (Fsp3) is 0.636. The molecular formula is C22H34N6S. The third kappa shape index (κ3) is 4.95. The zero-order chi connectivity index (χ0) is 20.2. The molecule has 2 saturated heterocycles. The zero-order valence-electron chi connectivity index (χ0n) is 18.0. The quantitative estimate of drug-likeness (QED) is 0.749. The molecule has 0 amide bonds. The van der Waals surface area contributed by atoms with Gasteiger partial charge in [0.05, 0.1) is 0 Å². The number of hydrogen-bond donors (Lipinski definition) is 1. The maximum atomic E-state index is 4.80. The van der Waals surface area contributed by atoms with Crippen LogP contribution in [0, 0.1) is 0 Å². The Morgan fingerprint density at radius 2 is 1.90 bits per heavy atom. The van der Waals surface area contributed by atoms with Crippen molar-refractivity contribution in [3.05, 3.63) is 24.5 Å². The highest BCUT2D eigenvalue weighted by Gasteiger charge is 2.22. The summed E-state index contributed by atoms with van der Waals surface area (Å²) in [6.07, 6.45) is 12.1. The number of piperidine rings is 1. The van der Waals surface area contributed by atoms with Crippen molar-refractivity contribution >= 4 is 34.4 Å². The minimum absolute atomic E-state index is 0.502. The summed E-state index contributed by atoms with van der Waals surface area (Å²) in [4.78, 5) is 14.3. The summed E-state index contributed by atoms with van der Waals surface area (Å²) in [6, 6.07) is 5.46. The van der Waals surface area contributed by atoms with Gasteiger partial charge in [-0.2, -0.15) is 0 Å². The maximum Gasteiger partial charge on any atom is 0.136 e. The second-order valence-electron chi connectivity index (χ2n) is 8.49. The predicted octanol–water partition coefficient (Wildman–Crippen LogP) is 3.70. The van der Waals surface area contributed by atoms with Gasteiger partial charge >= 0.3 is 0 Å². The molecule has 2 aliphatic rings. The number of nitrogens with zero attached hydrogens (tertiary/aromatic N) is 5. The molecule has 6 nitrogen and oxygen atoms in total. The summed E-state index contributed by atoms with van der Waals surface area (Å²) in [6.45, 7) is 4.42. The third-order valence-corrected chi connectivity index (χ3v) is 7.30. The van der Waals surface area contributed by atoms with Crippen LogP contribution in [0.1, 0.15) is 32.1 Å². The highest BCUT2D eigenvalue weighted by Crippen LogP contribution is 2.29. The molecule has 2 fully saturated rings. The van der Waals surface area contributed by atoms with E-state index < -0.39 is 0 Å². The van der Waals surface area contributed by atoms with Crippen molar-refractivity contribution in [1.29, 1.82) is 0 Å². The van der Waals surface area contributed by atoms with Crippen molar-refractivity contribution in [2.75, 3.05) is 56.7 Å². The van der Waals surface area contributed by atoms with Gasteiger partial charge in [0.1, 0.15) is 11.6 Å². The molecule has 0 bridgehead atoms. The van der Waals surface area contributed by atoms with E-state index >= 15 is 0 Å². The number of nitrogens with one attached hydrogen (secondary N) is 1. The molecule has 2 aromatic heterocycles. The molecule has 1 atom stereocenters. The first-order chi connectivity index (χ1) is 14.1. The van der Waals surface area contributed by atoms with Crippen molar-refractivity contribution < 1.29 is 0 Å². The first-order valence-corrected chi connectivity index (χ1v) is 12.0. The third-order valence-electron chi connectivity index (χ3n) is 6.42. The number of hydrogen-bond acceptors (Lipinski definition) is 7. The first kappa shape index (κ1) is 20.7. The molecule has 4 rings (SSSR count). The Hall–Kier alpha value is -1.57. The van der Waals surface area contributed by atoms with Gasteiger partial charge in [-0.15, -0.1) is 0 Å². The van der Waals surface area contributed by atoms with Crippen molar-refractivity contribution in [1.82, 2.24) is 19.2 Å². The van der Waals surface area contributed by atoms with E-state index in [1.807, 2.05) is 24.3 Å². The van der Waals surface area contributed by atoms with Crippen LogP contribution in [-0.2, 0) is 0 Å². The van der Waals surface area contributed by atoms with Crippen LogP contribution in [-0.4, -0.2) is 77.8 Å². The largest absolute Gasteiger partial charge is 0.367 e. The molecule has 1 unspecified atom stereocenters. The van der Waals surface area contributed by atoms with Crippen LogP contribution < -0.4 is 10.2 Å². The summed E-state index contributed by atoms with van der Waals surface area (Å²) in [5, 5.41) is 6.07. The molecule has 0 saturated carbocycles. The Balaban J connectivity index is 1.52. The van der Waals surface area contributed by atoms with E-state index in [1.165, 1.54) is 42.9 Å². The molecule has 158 valence electrons. The Labute approximate surface area is 179 Å². The number of anilines is 2. The average molecular weight is 415 g/mol. The van der Waals surface area contributed by atoms with Gasteiger partial charge in [0.2, 0.25) is 0 Å². The summed E-state index contributed by atoms with van der Waals surface area (Å²) in [5.41, 5.74) is 0. The standard InChI is InChI=1S/C22H34N6S/c1-26(2)19-5-4-11-27(12-9-19)22-20-15-21(24-16-17(20)6-10-23-22)25-18-7-13-28(29-3)14-8-18/h6,10,15-16,18-19H,4-5,7-9,11-14H2,1-3H3,(H,24,25). The van der Waals surface area contributed by atoms with Crippen LogP contribution in [0.25, 0.3) is 10.8 Å². The normalized spacial score (nSPS) is 22.2. The average Bonchev–Trinajstić information content (AvgIpc) is 3.00. The SMILES string of the molecule is CSN1CCC(Nc2cc3c(N4CCCC(N(C)C)CC4)nccc3cn2)CC1. The number of fused-ring (bicyclic) bond motifs is 1. The minimum atomic E-state index is 0.502. The fourth-order valence-electron chi connectivity index (χ4n) is 4.58. The molecule has 7 heteroatoms. The Kier molecular flexibility index (Phi) is 6.77. The smallest absolute Gasteiger partial charge is 0.136 e. The minimum Gasteiger partial charge on any atom is -0.367 e. The van der Waals surface area contributed by atoms with Crippen molar-refractivity contribution in [3.8, 4) is 0 Å². The van der Waals surface area contributed by atoms with Gasteiger partial charge in [-0.3, -0.25) is 4.31 Å². The van der Waals surface area contributed by atoms with Crippen LogP contribution in [0.3, 0.4) is 0 Å². The van der Waals surface area contributed by atoms with Crippen LogP contribution in [0.2, 0.25) is 0 Å². The molecule has 0 aromatic carbocycles. The summed E-state index contributed by atoms with van der Waals surface area (Å²) < 4.78 is 2.44. The zero-order valence-corrected chi connectivity index (χ0v) is 18.8.